The Balaban J connectivity index is 2.61. The molecule has 4 heteroatoms. The predicted molar refractivity (Wildman–Crippen MR) is 33.8 cm³/mol. The third kappa shape index (κ3) is 1.28. The Morgan fingerprint density at radius 1 is 1.89 bits per heavy atom. The van der Waals surface area contributed by atoms with Gasteiger partial charge in [-0.15, -0.1) is 0 Å². The Morgan fingerprint density at radius 3 is 3.00 bits per heavy atom. The number of nitrogens with zero attached hydrogens (tertiary/aromatic N) is 1. The van der Waals surface area contributed by atoms with Crippen molar-refractivity contribution in [2.45, 2.75) is 0 Å². The number of rotatable bonds is 1. The maximum absolute atomic E-state index is 10.3. The number of aliphatic imine (C=N–C) groups is 1. The monoisotopic (exact) mass is 125 g/mol. The SMILES string of the molecule is NC(=O)C1=NCC=CN1. The molecule has 0 saturated carbocycles. The van der Waals surface area contributed by atoms with E-state index < -0.39 is 5.91 Å². The molecule has 0 spiro atoms. The van der Waals surface area contributed by atoms with Gasteiger partial charge in [0, 0.05) is 6.20 Å². The van der Waals surface area contributed by atoms with Crippen molar-refractivity contribution in [1.82, 2.24) is 5.32 Å². The van der Waals surface area contributed by atoms with Crippen molar-refractivity contribution in [1.29, 1.82) is 0 Å². The van der Waals surface area contributed by atoms with Crippen molar-refractivity contribution in [3.05, 3.63) is 12.3 Å². The molecule has 0 radical (unpaired) electrons. The van der Waals surface area contributed by atoms with Crippen molar-refractivity contribution in [3.8, 4) is 0 Å². The Kier molecular flexibility index (Phi) is 1.48. The second-order valence-corrected chi connectivity index (χ2v) is 1.60. The molecule has 1 rings (SSSR count). The third-order valence-electron chi connectivity index (χ3n) is 0.926. The molecule has 0 aromatic carbocycles. The Hall–Kier alpha value is -1.32. The number of carbonyl (C=O) groups excluding carboxylic acids is 1. The lowest BCUT2D eigenvalue weighted by Gasteiger charge is -2.03. The van der Waals surface area contributed by atoms with E-state index in [9.17, 15) is 4.79 Å². The molecule has 9 heavy (non-hydrogen) atoms. The molecule has 0 atom stereocenters. The third-order valence-corrected chi connectivity index (χ3v) is 0.926. The summed E-state index contributed by atoms with van der Waals surface area (Å²) in [6.07, 6.45) is 3.44. The van der Waals surface area contributed by atoms with Gasteiger partial charge in [-0.1, -0.05) is 0 Å². The van der Waals surface area contributed by atoms with Crippen LogP contribution in [0.3, 0.4) is 0 Å². The smallest absolute Gasteiger partial charge is 0.284 e. The second kappa shape index (κ2) is 2.30. The highest BCUT2D eigenvalue weighted by Gasteiger charge is 2.04. The first kappa shape index (κ1) is 5.81. The van der Waals surface area contributed by atoms with Gasteiger partial charge >= 0.3 is 0 Å². The average Bonchev–Trinajstić information content (AvgIpc) is 1.90. The van der Waals surface area contributed by atoms with E-state index in [2.05, 4.69) is 10.3 Å². The molecule has 3 N–H and O–H groups in total. The maximum atomic E-state index is 10.3. The lowest BCUT2D eigenvalue weighted by molar-refractivity contribution is -0.112. The van der Waals surface area contributed by atoms with Gasteiger partial charge in [0.15, 0.2) is 5.84 Å². The molecule has 4 nitrogen and oxygen atoms in total. The molecule has 0 fully saturated rings. The zero-order chi connectivity index (χ0) is 6.69. The van der Waals surface area contributed by atoms with Crippen LogP contribution < -0.4 is 11.1 Å². The minimum atomic E-state index is -0.514. The van der Waals surface area contributed by atoms with Crippen LogP contribution in [-0.2, 0) is 4.79 Å². The number of amidine groups is 1. The van der Waals surface area contributed by atoms with Gasteiger partial charge in [-0.3, -0.25) is 9.79 Å². The number of nitrogens with two attached hydrogens (primary N) is 1. The molecular weight excluding hydrogens is 118 g/mol. The summed E-state index contributed by atoms with van der Waals surface area (Å²) in [6.45, 7) is 0.533. The second-order valence-electron chi connectivity index (χ2n) is 1.60. The zero-order valence-corrected chi connectivity index (χ0v) is 4.79. The number of nitrogens with one attached hydrogen (secondary N) is 1. The van der Waals surface area contributed by atoms with E-state index in [1.54, 1.807) is 12.3 Å². The lowest BCUT2D eigenvalue weighted by Crippen LogP contribution is -2.34. The van der Waals surface area contributed by atoms with Crippen LogP contribution in [0.25, 0.3) is 0 Å². The fourth-order valence-electron chi connectivity index (χ4n) is 0.529. The minimum Gasteiger partial charge on any atom is -0.363 e. The van der Waals surface area contributed by atoms with Gasteiger partial charge in [-0.2, -0.15) is 0 Å². The summed E-state index contributed by atoms with van der Waals surface area (Å²) in [7, 11) is 0. The Bertz CT molecular complexity index is 183. The van der Waals surface area contributed by atoms with E-state index in [0.29, 0.717) is 6.54 Å². The standard InChI is InChI=1S/C5H7N3O/c6-4(9)5-7-2-1-3-8-5/h1-2H,3H2,(H2,6,9)(H,7,8). The number of hydrogen-bond acceptors (Lipinski definition) is 3. The molecule has 0 saturated heterocycles. The fraction of sp³-hybridized carbons (Fsp3) is 0.200. The van der Waals surface area contributed by atoms with Crippen LogP contribution in [-0.4, -0.2) is 18.3 Å². The minimum absolute atomic E-state index is 0.234. The summed E-state index contributed by atoms with van der Waals surface area (Å²) in [6, 6.07) is 0. The van der Waals surface area contributed by atoms with E-state index in [-0.39, 0.29) is 5.84 Å². The van der Waals surface area contributed by atoms with E-state index in [1.807, 2.05) is 0 Å². The summed E-state index contributed by atoms with van der Waals surface area (Å²) < 4.78 is 0. The average molecular weight is 125 g/mol. The molecular formula is C5H7N3O. The van der Waals surface area contributed by atoms with Crippen molar-refractivity contribution >= 4 is 11.7 Å². The van der Waals surface area contributed by atoms with Crippen molar-refractivity contribution in [2.75, 3.05) is 6.54 Å². The molecule has 0 aliphatic carbocycles. The van der Waals surface area contributed by atoms with Gasteiger partial charge in [-0.25, -0.2) is 0 Å². The van der Waals surface area contributed by atoms with Gasteiger partial charge in [0.05, 0.1) is 6.54 Å². The van der Waals surface area contributed by atoms with E-state index in [4.69, 9.17) is 5.73 Å². The van der Waals surface area contributed by atoms with Gasteiger partial charge in [0.25, 0.3) is 5.91 Å². The largest absolute Gasteiger partial charge is 0.363 e. The highest BCUT2D eigenvalue weighted by Crippen LogP contribution is 1.83. The van der Waals surface area contributed by atoms with E-state index in [0.717, 1.165) is 0 Å². The summed E-state index contributed by atoms with van der Waals surface area (Å²) in [5.41, 5.74) is 4.90. The molecule has 0 aromatic rings. The summed E-state index contributed by atoms with van der Waals surface area (Å²) >= 11 is 0. The molecule has 0 bridgehead atoms. The highest BCUT2D eigenvalue weighted by molar-refractivity contribution is 6.37. The van der Waals surface area contributed by atoms with E-state index >= 15 is 0 Å². The predicted octanol–water partition coefficient (Wildman–Crippen LogP) is -1.01. The normalized spacial score (nSPS) is 16.2. The van der Waals surface area contributed by atoms with Crippen LogP contribution in [0.4, 0.5) is 0 Å². The highest BCUT2D eigenvalue weighted by atomic mass is 16.1. The van der Waals surface area contributed by atoms with Crippen LogP contribution in [0.1, 0.15) is 0 Å². The molecule has 1 aliphatic heterocycles. The lowest BCUT2D eigenvalue weighted by atomic mass is 10.4. The number of hydrogen-bond donors (Lipinski definition) is 2. The van der Waals surface area contributed by atoms with Crippen molar-refractivity contribution < 1.29 is 4.79 Å². The van der Waals surface area contributed by atoms with Crippen LogP contribution in [0.15, 0.2) is 17.3 Å². The molecule has 0 unspecified atom stereocenters. The first-order valence-corrected chi connectivity index (χ1v) is 2.56. The molecule has 0 aromatic heterocycles. The molecule has 1 amide bonds. The molecule has 1 heterocycles. The van der Waals surface area contributed by atoms with Crippen LogP contribution in [0.2, 0.25) is 0 Å². The van der Waals surface area contributed by atoms with Crippen molar-refractivity contribution in [2.24, 2.45) is 10.7 Å². The topological polar surface area (TPSA) is 67.5 Å². The zero-order valence-electron chi connectivity index (χ0n) is 4.79. The number of carbonyl (C=O) groups is 1. The summed E-state index contributed by atoms with van der Waals surface area (Å²) in [5.74, 6) is -0.281. The van der Waals surface area contributed by atoms with Crippen LogP contribution in [0, 0.1) is 0 Å². The molecule has 48 valence electrons. The van der Waals surface area contributed by atoms with Crippen LogP contribution in [0.5, 0.6) is 0 Å². The maximum Gasteiger partial charge on any atom is 0.284 e. The Labute approximate surface area is 52.5 Å². The van der Waals surface area contributed by atoms with Gasteiger partial charge in [-0.05, 0) is 6.08 Å². The van der Waals surface area contributed by atoms with E-state index in [1.165, 1.54) is 0 Å². The summed E-state index contributed by atoms with van der Waals surface area (Å²) in [5, 5.41) is 2.61. The fourth-order valence-corrected chi connectivity index (χ4v) is 0.529. The first-order valence-electron chi connectivity index (χ1n) is 2.56. The quantitative estimate of drug-likeness (QED) is 0.471. The number of amides is 1. The van der Waals surface area contributed by atoms with Gasteiger partial charge in [0.1, 0.15) is 0 Å². The first-order chi connectivity index (χ1) is 4.30. The van der Waals surface area contributed by atoms with Crippen molar-refractivity contribution in [3.63, 3.8) is 0 Å². The van der Waals surface area contributed by atoms with Gasteiger partial charge < -0.3 is 11.1 Å². The molecule has 1 aliphatic rings. The Morgan fingerprint density at radius 2 is 2.67 bits per heavy atom. The van der Waals surface area contributed by atoms with Crippen LogP contribution >= 0.6 is 0 Å². The number of primary amides is 1. The van der Waals surface area contributed by atoms with Gasteiger partial charge in [0.2, 0.25) is 0 Å². The summed E-state index contributed by atoms with van der Waals surface area (Å²) in [4.78, 5) is 14.1.